The summed E-state index contributed by atoms with van der Waals surface area (Å²) in [4.78, 5) is 42.0. The molecule has 2 saturated heterocycles. The van der Waals surface area contributed by atoms with Gasteiger partial charge in [-0.1, -0.05) is 77.1 Å². The molecule has 0 saturated carbocycles. The zero-order valence-electron chi connectivity index (χ0n) is 24.0. The smallest absolute Gasteiger partial charge is 0.326 e. The molecule has 0 aliphatic carbocycles. The average molecular weight is 570 g/mol. The van der Waals surface area contributed by atoms with Gasteiger partial charge in [0.05, 0.1) is 30.4 Å². The number of fused-ring (bicyclic) bond motifs is 1. The fourth-order valence-electron chi connectivity index (χ4n) is 5.99. The van der Waals surface area contributed by atoms with E-state index in [1.165, 1.54) is 16.3 Å². The summed E-state index contributed by atoms with van der Waals surface area (Å²) < 4.78 is 33.9. The summed E-state index contributed by atoms with van der Waals surface area (Å²) in [6, 6.07) is 15.2. The van der Waals surface area contributed by atoms with E-state index >= 15 is 0 Å². The van der Waals surface area contributed by atoms with E-state index in [0.717, 1.165) is 11.1 Å². The molecular weight excluding hydrogens is 530 g/mol. The molecule has 2 aromatic carbocycles. The Kier molecular flexibility index (Phi) is 8.27. The zero-order chi connectivity index (χ0) is 29.5. The molecular formula is C30H39N3O6S. The van der Waals surface area contributed by atoms with Gasteiger partial charge in [0.25, 0.3) is 0 Å². The molecule has 2 aliphatic rings. The van der Waals surface area contributed by atoms with Gasteiger partial charge in [0.15, 0.2) is 0 Å². The van der Waals surface area contributed by atoms with Crippen LogP contribution in [0.3, 0.4) is 0 Å². The third-order valence-electron chi connectivity index (χ3n) is 8.25. The van der Waals surface area contributed by atoms with Gasteiger partial charge in [-0.15, -0.1) is 0 Å². The highest BCUT2D eigenvalue weighted by atomic mass is 32.2. The number of rotatable bonds is 9. The van der Waals surface area contributed by atoms with Gasteiger partial charge < -0.3 is 4.74 Å². The largest absolute Gasteiger partial charge is 0.468 e. The Morgan fingerprint density at radius 3 is 2.17 bits per heavy atom. The number of carbonyl (C=O) groups excluding carboxylic acids is 3. The number of likely N-dealkylation sites (tertiary alicyclic amines) is 1. The van der Waals surface area contributed by atoms with Crippen LogP contribution in [-0.4, -0.2) is 67.2 Å². The molecule has 0 radical (unpaired) electrons. The average Bonchev–Trinajstić information content (AvgIpc) is 3.40. The Bertz CT molecular complexity index is 1370. The first kappa shape index (κ1) is 29.9. The van der Waals surface area contributed by atoms with E-state index in [9.17, 15) is 22.8 Å². The number of ether oxygens (including phenoxy) is 1. The molecule has 2 heterocycles. The summed E-state index contributed by atoms with van der Waals surface area (Å²) in [5.74, 6) is -3.43. The van der Waals surface area contributed by atoms with Crippen LogP contribution >= 0.6 is 0 Å². The lowest BCUT2D eigenvalue weighted by Crippen LogP contribution is -2.58. The molecule has 40 heavy (non-hydrogen) atoms. The second kappa shape index (κ2) is 11.1. The number of imide groups is 1. The Balaban J connectivity index is 1.69. The monoisotopic (exact) mass is 569 g/mol. The quantitative estimate of drug-likeness (QED) is 0.365. The van der Waals surface area contributed by atoms with Crippen molar-refractivity contribution >= 4 is 27.8 Å². The van der Waals surface area contributed by atoms with Crippen LogP contribution in [0.25, 0.3) is 0 Å². The maximum absolute atomic E-state index is 13.8. The van der Waals surface area contributed by atoms with E-state index in [2.05, 4.69) is 26.1 Å². The highest BCUT2D eigenvalue weighted by molar-refractivity contribution is 7.89. The predicted octanol–water partition coefficient (Wildman–Crippen LogP) is 3.09. The number of likely N-dealkylation sites (N-methyl/N-ethyl adjacent to an activating group) is 1. The van der Waals surface area contributed by atoms with E-state index in [-0.39, 0.29) is 36.4 Å². The molecule has 0 aromatic heterocycles. The minimum absolute atomic E-state index is 0.0785. The van der Waals surface area contributed by atoms with Gasteiger partial charge in [-0.25, -0.2) is 8.42 Å². The van der Waals surface area contributed by atoms with Gasteiger partial charge in [-0.05, 0) is 35.1 Å². The second-order valence-electron chi connectivity index (χ2n) is 11.5. The van der Waals surface area contributed by atoms with Crippen LogP contribution in [0.15, 0.2) is 59.5 Å². The first-order chi connectivity index (χ1) is 18.8. The lowest BCUT2D eigenvalue weighted by molar-refractivity contribution is -0.154. The summed E-state index contributed by atoms with van der Waals surface area (Å²) in [6.45, 7) is 9.79. The summed E-state index contributed by atoms with van der Waals surface area (Å²) in [5.41, 5.74) is 0.215. The van der Waals surface area contributed by atoms with Crippen LogP contribution in [0.1, 0.15) is 52.2 Å². The van der Waals surface area contributed by atoms with E-state index in [0.29, 0.717) is 0 Å². The first-order valence-electron chi connectivity index (χ1n) is 13.7. The van der Waals surface area contributed by atoms with Crippen LogP contribution in [0, 0.1) is 11.8 Å². The van der Waals surface area contributed by atoms with Crippen LogP contribution in [0.5, 0.6) is 0 Å². The van der Waals surface area contributed by atoms with Gasteiger partial charge >= 0.3 is 5.97 Å². The Morgan fingerprint density at radius 2 is 1.65 bits per heavy atom. The van der Waals surface area contributed by atoms with Crippen molar-refractivity contribution in [2.45, 2.75) is 69.5 Å². The molecule has 2 amide bonds. The van der Waals surface area contributed by atoms with Crippen molar-refractivity contribution in [1.29, 1.82) is 0 Å². The number of nitrogens with one attached hydrogen (secondary N) is 1. The van der Waals surface area contributed by atoms with E-state index < -0.39 is 51.2 Å². The fraction of sp³-hybridized carbons (Fsp3) is 0.500. The Morgan fingerprint density at radius 1 is 1.02 bits per heavy atom. The Labute approximate surface area is 236 Å². The minimum Gasteiger partial charge on any atom is -0.468 e. The third kappa shape index (κ3) is 5.08. The molecule has 9 nitrogen and oxygen atoms in total. The van der Waals surface area contributed by atoms with Crippen molar-refractivity contribution in [2.75, 3.05) is 20.2 Å². The van der Waals surface area contributed by atoms with Crippen LogP contribution in [0.2, 0.25) is 0 Å². The summed E-state index contributed by atoms with van der Waals surface area (Å²) >= 11 is 0. The number of methoxy groups -OCH3 is 1. The van der Waals surface area contributed by atoms with Crippen molar-refractivity contribution in [3.8, 4) is 0 Å². The van der Waals surface area contributed by atoms with Crippen molar-refractivity contribution < 1.29 is 27.5 Å². The highest BCUT2D eigenvalue weighted by Crippen LogP contribution is 2.46. The number of nitrogens with zero attached hydrogens (tertiary/aromatic N) is 2. The minimum atomic E-state index is -3.93. The molecule has 1 N–H and O–H groups in total. The molecule has 216 valence electrons. The molecule has 0 unspecified atom stereocenters. The van der Waals surface area contributed by atoms with E-state index in [1.807, 2.05) is 42.5 Å². The van der Waals surface area contributed by atoms with Gasteiger partial charge in [0.2, 0.25) is 21.8 Å². The highest BCUT2D eigenvalue weighted by Gasteiger charge is 2.68. The molecule has 2 aromatic rings. The standard InChI is InChI=1S/C30H39N3O6S/c1-7-30(28(36)39-6)25-24(26(34)33(27(25)35)18-20-12-10-9-11-13-20)23(31-30)19-32(8-2)40(37,38)22-16-14-21(15-17-22)29(3,4)5/h9-17,23-25,31H,7-8,18-19H2,1-6H3/t23-,24+,25-,30-/m1/s1. The van der Waals surface area contributed by atoms with E-state index in [1.54, 1.807) is 26.0 Å². The number of hydrogen-bond donors (Lipinski definition) is 1. The number of carbonyl (C=O) groups is 3. The van der Waals surface area contributed by atoms with Crippen molar-refractivity contribution in [1.82, 2.24) is 14.5 Å². The number of sulfonamides is 1. The van der Waals surface area contributed by atoms with Gasteiger partial charge in [0, 0.05) is 19.1 Å². The van der Waals surface area contributed by atoms with Gasteiger partial charge in [-0.3, -0.25) is 24.6 Å². The lowest BCUT2D eigenvalue weighted by Gasteiger charge is -2.32. The normalized spacial score (nSPS) is 25.0. The molecule has 10 heteroatoms. The topological polar surface area (TPSA) is 113 Å². The van der Waals surface area contributed by atoms with Crippen molar-refractivity contribution in [3.63, 3.8) is 0 Å². The number of amides is 2. The van der Waals surface area contributed by atoms with Gasteiger partial charge in [-0.2, -0.15) is 4.31 Å². The maximum atomic E-state index is 13.8. The molecule has 2 fully saturated rings. The van der Waals surface area contributed by atoms with Crippen LogP contribution in [-0.2, 0) is 41.1 Å². The summed E-state index contributed by atoms with van der Waals surface area (Å²) in [6.07, 6.45) is 0.197. The number of hydrogen-bond acceptors (Lipinski definition) is 7. The second-order valence-corrected chi connectivity index (χ2v) is 13.5. The third-order valence-corrected chi connectivity index (χ3v) is 10.2. The van der Waals surface area contributed by atoms with E-state index in [4.69, 9.17) is 4.74 Å². The Hall–Kier alpha value is -3.08. The maximum Gasteiger partial charge on any atom is 0.326 e. The van der Waals surface area contributed by atoms with Crippen molar-refractivity contribution in [2.24, 2.45) is 11.8 Å². The van der Waals surface area contributed by atoms with Gasteiger partial charge in [0.1, 0.15) is 5.54 Å². The molecule has 4 atom stereocenters. The predicted molar refractivity (Wildman–Crippen MR) is 151 cm³/mol. The molecule has 4 rings (SSSR count). The SMILES string of the molecule is CCN(C[C@H]1N[C@@](CC)(C(=O)OC)[C@H]2C(=O)N(Cc3ccccc3)C(=O)[C@@H]12)S(=O)(=O)c1ccc(C(C)(C)C)cc1. The molecule has 2 aliphatic heterocycles. The number of esters is 1. The summed E-state index contributed by atoms with van der Waals surface area (Å²) in [7, 11) is -2.68. The molecule has 0 spiro atoms. The lowest BCUT2D eigenvalue weighted by atomic mass is 9.78. The van der Waals surface area contributed by atoms with Crippen molar-refractivity contribution in [3.05, 3.63) is 65.7 Å². The van der Waals surface area contributed by atoms with Crippen LogP contribution in [0.4, 0.5) is 0 Å². The van der Waals surface area contributed by atoms with Crippen LogP contribution < -0.4 is 5.32 Å². The zero-order valence-corrected chi connectivity index (χ0v) is 24.8. The first-order valence-corrected chi connectivity index (χ1v) is 15.1. The fourth-order valence-corrected chi connectivity index (χ4v) is 7.47. The summed E-state index contributed by atoms with van der Waals surface area (Å²) in [5, 5.41) is 3.22. The number of benzene rings is 2. The molecule has 0 bridgehead atoms.